The summed E-state index contributed by atoms with van der Waals surface area (Å²) in [5, 5.41) is 13.7. The second kappa shape index (κ2) is 7.74. The molecule has 0 fully saturated rings. The van der Waals surface area contributed by atoms with Crippen LogP contribution < -0.4 is 5.32 Å². The quantitative estimate of drug-likeness (QED) is 0.622. The molecule has 1 heterocycles. The maximum atomic E-state index is 12.3. The van der Waals surface area contributed by atoms with Gasteiger partial charge in [-0.25, -0.2) is 0 Å². The Kier molecular flexibility index (Phi) is 5.70. The van der Waals surface area contributed by atoms with Gasteiger partial charge < -0.3 is 9.73 Å². The van der Waals surface area contributed by atoms with Gasteiger partial charge in [-0.05, 0) is 38.6 Å². The van der Waals surface area contributed by atoms with Gasteiger partial charge in [0.1, 0.15) is 5.76 Å². The van der Waals surface area contributed by atoms with Crippen LogP contribution in [0.5, 0.6) is 0 Å². The number of likely N-dealkylation sites (N-methyl/N-ethyl adjacent to an activating group) is 1. The van der Waals surface area contributed by atoms with Crippen LogP contribution in [0.25, 0.3) is 0 Å². The summed E-state index contributed by atoms with van der Waals surface area (Å²) >= 11 is 0. The number of hydrogen-bond donors (Lipinski definition) is 1. The van der Waals surface area contributed by atoms with E-state index in [1.807, 2.05) is 24.9 Å². The van der Waals surface area contributed by atoms with E-state index in [2.05, 4.69) is 5.32 Å². The molecule has 0 saturated carbocycles. The third kappa shape index (κ3) is 4.20. The van der Waals surface area contributed by atoms with Crippen molar-refractivity contribution in [1.29, 1.82) is 0 Å². The molecule has 2 atom stereocenters. The molecule has 1 amide bonds. The first-order chi connectivity index (χ1) is 11.4. The molecule has 24 heavy (non-hydrogen) atoms. The molecule has 0 saturated heterocycles. The number of carbonyl (C=O) groups is 1. The van der Waals surface area contributed by atoms with E-state index in [-0.39, 0.29) is 17.6 Å². The fourth-order valence-corrected chi connectivity index (χ4v) is 2.39. The zero-order valence-electron chi connectivity index (χ0n) is 13.9. The third-order valence-corrected chi connectivity index (χ3v) is 4.18. The molecule has 128 valence electrons. The summed E-state index contributed by atoms with van der Waals surface area (Å²) in [7, 11) is 1.82. The van der Waals surface area contributed by atoms with Crippen molar-refractivity contribution in [3.63, 3.8) is 0 Å². The second-order valence-corrected chi connectivity index (χ2v) is 5.67. The van der Waals surface area contributed by atoms with Crippen LogP contribution in [0.4, 0.5) is 5.69 Å². The first-order valence-electron chi connectivity index (χ1n) is 7.66. The zero-order chi connectivity index (χ0) is 17.7. The number of rotatable bonds is 7. The van der Waals surface area contributed by atoms with Crippen molar-refractivity contribution in [3.8, 4) is 0 Å². The van der Waals surface area contributed by atoms with Gasteiger partial charge in [0.15, 0.2) is 0 Å². The van der Waals surface area contributed by atoms with Crippen LogP contribution in [0.2, 0.25) is 0 Å². The van der Waals surface area contributed by atoms with Crippen molar-refractivity contribution in [2.45, 2.75) is 32.5 Å². The summed E-state index contributed by atoms with van der Waals surface area (Å²) in [6, 6.07) is 9.48. The van der Waals surface area contributed by atoms with E-state index in [1.54, 1.807) is 31.4 Å². The summed E-state index contributed by atoms with van der Waals surface area (Å²) in [6.07, 6.45) is 1.56. The maximum Gasteiger partial charge on any atom is 0.269 e. The van der Waals surface area contributed by atoms with Crippen molar-refractivity contribution in [2.75, 3.05) is 7.05 Å². The van der Waals surface area contributed by atoms with Gasteiger partial charge in [0.2, 0.25) is 5.91 Å². The molecular weight excluding hydrogens is 310 g/mol. The highest BCUT2D eigenvalue weighted by molar-refractivity contribution is 5.81. The van der Waals surface area contributed by atoms with E-state index in [1.165, 1.54) is 12.1 Å². The van der Waals surface area contributed by atoms with E-state index < -0.39 is 11.0 Å². The highest BCUT2D eigenvalue weighted by atomic mass is 16.6. The fourth-order valence-electron chi connectivity index (χ4n) is 2.39. The number of hydrogen-bond acceptors (Lipinski definition) is 5. The normalized spacial score (nSPS) is 13.5. The van der Waals surface area contributed by atoms with Crippen LogP contribution in [-0.2, 0) is 11.3 Å². The molecule has 0 radical (unpaired) electrons. The number of nitro groups is 1. The molecule has 0 aliphatic carbocycles. The summed E-state index contributed by atoms with van der Waals surface area (Å²) in [5.41, 5.74) is 0.833. The molecule has 2 rings (SSSR count). The monoisotopic (exact) mass is 331 g/mol. The van der Waals surface area contributed by atoms with Gasteiger partial charge in [-0.2, -0.15) is 0 Å². The van der Waals surface area contributed by atoms with Crippen LogP contribution in [0.15, 0.2) is 47.1 Å². The smallest absolute Gasteiger partial charge is 0.269 e. The van der Waals surface area contributed by atoms with Crippen molar-refractivity contribution < 1.29 is 14.1 Å². The van der Waals surface area contributed by atoms with Gasteiger partial charge >= 0.3 is 0 Å². The number of nitrogens with zero attached hydrogens (tertiary/aromatic N) is 2. The summed E-state index contributed by atoms with van der Waals surface area (Å²) in [5.74, 6) is 0.552. The van der Waals surface area contributed by atoms with E-state index in [0.29, 0.717) is 12.3 Å². The molecule has 1 N–H and O–H groups in total. The molecule has 0 unspecified atom stereocenters. The van der Waals surface area contributed by atoms with E-state index in [4.69, 9.17) is 4.42 Å². The minimum Gasteiger partial charge on any atom is -0.467 e. The summed E-state index contributed by atoms with van der Waals surface area (Å²) < 4.78 is 5.18. The van der Waals surface area contributed by atoms with Crippen LogP contribution in [0, 0.1) is 10.1 Å². The first-order valence-corrected chi connectivity index (χ1v) is 7.66. The van der Waals surface area contributed by atoms with Crippen LogP contribution in [0.1, 0.15) is 31.2 Å². The average molecular weight is 331 g/mol. The Balaban J connectivity index is 2.00. The Bertz CT molecular complexity index is 700. The molecule has 0 spiro atoms. The molecule has 0 bridgehead atoms. The number of benzene rings is 1. The minimum absolute atomic E-state index is 0.0441. The number of nitro benzene ring substituents is 1. The van der Waals surface area contributed by atoms with Crippen molar-refractivity contribution in [1.82, 2.24) is 10.2 Å². The van der Waals surface area contributed by atoms with Gasteiger partial charge in [0.25, 0.3) is 5.69 Å². The number of carbonyl (C=O) groups excluding carboxylic acids is 1. The van der Waals surface area contributed by atoms with E-state index in [0.717, 1.165) is 5.56 Å². The molecule has 0 aliphatic rings. The Labute approximate surface area is 140 Å². The molecule has 2 aromatic rings. The number of nitrogens with one attached hydrogen (secondary N) is 1. The average Bonchev–Trinajstić information content (AvgIpc) is 3.11. The third-order valence-electron chi connectivity index (χ3n) is 4.18. The largest absolute Gasteiger partial charge is 0.467 e. The van der Waals surface area contributed by atoms with Gasteiger partial charge in [0.05, 0.1) is 23.8 Å². The highest BCUT2D eigenvalue weighted by Gasteiger charge is 2.24. The lowest BCUT2D eigenvalue weighted by molar-refractivity contribution is -0.384. The van der Waals surface area contributed by atoms with Gasteiger partial charge in [-0.15, -0.1) is 0 Å². The first kappa shape index (κ1) is 17.7. The second-order valence-electron chi connectivity index (χ2n) is 5.67. The lowest BCUT2D eigenvalue weighted by atomic mass is 10.0. The van der Waals surface area contributed by atoms with Gasteiger partial charge in [-0.3, -0.25) is 19.8 Å². The topological polar surface area (TPSA) is 88.6 Å². The molecular formula is C17H21N3O4. The minimum atomic E-state index is -0.421. The Morgan fingerprint density at radius 2 is 2.08 bits per heavy atom. The maximum absolute atomic E-state index is 12.3. The lowest BCUT2D eigenvalue weighted by Crippen LogP contribution is -2.43. The summed E-state index contributed by atoms with van der Waals surface area (Å²) in [6.45, 7) is 4.04. The molecule has 7 heteroatoms. The predicted molar refractivity (Wildman–Crippen MR) is 89.3 cm³/mol. The Morgan fingerprint density at radius 3 is 2.71 bits per heavy atom. The summed E-state index contributed by atoms with van der Waals surface area (Å²) in [4.78, 5) is 24.6. The zero-order valence-corrected chi connectivity index (χ0v) is 13.9. The number of furan rings is 1. The number of non-ortho nitro benzene ring substituents is 1. The van der Waals surface area contributed by atoms with E-state index >= 15 is 0 Å². The predicted octanol–water partition coefficient (Wildman–Crippen LogP) is 2.89. The van der Waals surface area contributed by atoms with Crippen LogP contribution in [-0.4, -0.2) is 28.8 Å². The SMILES string of the molecule is C[C@@H](C(=O)NCc1ccco1)N(C)[C@@H](C)c1cccc([N+](=O)[O-])c1. The lowest BCUT2D eigenvalue weighted by Gasteiger charge is -2.30. The van der Waals surface area contributed by atoms with E-state index in [9.17, 15) is 14.9 Å². The molecule has 1 aromatic carbocycles. The number of amides is 1. The molecule has 1 aromatic heterocycles. The molecule has 0 aliphatic heterocycles. The highest BCUT2D eigenvalue weighted by Crippen LogP contribution is 2.24. The molecule has 7 nitrogen and oxygen atoms in total. The fraction of sp³-hybridized carbons (Fsp3) is 0.353. The van der Waals surface area contributed by atoms with Crippen LogP contribution in [0.3, 0.4) is 0 Å². The van der Waals surface area contributed by atoms with Crippen molar-refractivity contribution >= 4 is 11.6 Å². The standard InChI is InChI=1S/C17H21N3O4/c1-12(14-6-4-7-15(10-14)20(22)23)19(3)13(2)17(21)18-11-16-8-5-9-24-16/h4-10,12-13H,11H2,1-3H3,(H,18,21)/t12-,13-/m0/s1. The van der Waals surface area contributed by atoms with Crippen LogP contribution >= 0.6 is 0 Å². The Hall–Kier alpha value is -2.67. The van der Waals surface area contributed by atoms with Gasteiger partial charge in [-0.1, -0.05) is 12.1 Å². The van der Waals surface area contributed by atoms with Crippen molar-refractivity contribution in [2.24, 2.45) is 0 Å². The van der Waals surface area contributed by atoms with Crippen molar-refractivity contribution in [3.05, 3.63) is 64.1 Å². The van der Waals surface area contributed by atoms with Gasteiger partial charge in [0, 0.05) is 18.2 Å². The Morgan fingerprint density at radius 1 is 1.33 bits per heavy atom.